The summed E-state index contributed by atoms with van der Waals surface area (Å²) in [5.41, 5.74) is 1.20. The van der Waals surface area contributed by atoms with Crippen molar-refractivity contribution < 1.29 is 0 Å². The minimum Gasteiger partial charge on any atom is -0.313 e. The van der Waals surface area contributed by atoms with Gasteiger partial charge in [0, 0.05) is 15.5 Å². The van der Waals surface area contributed by atoms with E-state index in [1.165, 1.54) is 24.8 Å². The van der Waals surface area contributed by atoms with E-state index in [1.807, 2.05) is 19.2 Å². The van der Waals surface area contributed by atoms with E-state index in [4.69, 9.17) is 11.6 Å². The van der Waals surface area contributed by atoms with Crippen molar-refractivity contribution in [3.05, 3.63) is 33.3 Å². The average Bonchev–Trinajstić information content (AvgIpc) is 2.26. The molecule has 3 heteroatoms. The van der Waals surface area contributed by atoms with Gasteiger partial charge in [-0.15, -0.1) is 0 Å². The molecule has 1 N–H and O–H groups in total. The molecule has 16 heavy (non-hydrogen) atoms. The van der Waals surface area contributed by atoms with Crippen LogP contribution in [-0.2, 0) is 0 Å². The van der Waals surface area contributed by atoms with Gasteiger partial charge >= 0.3 is 0 Å². The molecule has 0 spiro atoms. The fourth-order valence-electron chi connectivity index (χ4n) is 1.84. The lowest BCUT2D eigenvalue weighted by Gasteiger charge is -2.18. The first kappa shape index (κ1) is 14.0. The van der Waals surface area contributed by atoms with E-state index in [-0.39, 0.29) is 0 Å². The van der Waals surface area contributed by atoms with E-state index in [9.17, 15) is 0 Å². The molecule has 1 rings (SSSR count). The largest absolute Gasteiger partial charge is 0.313 e. The fourth-order valence-corrected chi connectivity index (χ4v) is 2.64. The Morgan fingerprint density at radius 1 is 1.38 bits per heavy atom. The van der Waals surface area contributed by atoms with E-state index in [0.717, 1.165) is 15.9 Å². The summed E-state index contributed by atoms with van der Waals surface area (Å²) >= 11 is 9.67. The minimum absolute atomic E-state index is 0.368. The summed E-state index contributed by atoms with van der Waals surface area (Å²) in [5, 5.41) is 4.18. The molecule has 1 aromatic carbocycles. The van der Waals surface area contributed by atoms with Gasteiger partial charge in [0.15, 0.2) is 0 Å². The maximum atomic E-state index is 6.25. The van der Waals surface area contributed by atoms with E-state index in [2.05, 4.69) is 34.2 Å². The van der Waals surface area contributed by atoms with Gasteiger partial charge in [0.2, 0.25) is 0 Å². The highest BCUT2D eigenvalue weighted by molar-refractivity contribution is 9.10. The molecule has 0 aliphatic heterocycles. The molecule has 0 amide bonds. The highest BCUT2D eigenvalue weighted by atomic mass is 79.9. The van der Waals surface area contributed by atoms with Crippen molar-refractivity contribution in [2.45, 2.75) is 38.6 Å². The van der Waals surface area contributed by atoms with Crippen molar-refractivity contribution >= 4 is 27.5 Å². The molecule has 0 bridgehead atoms. The Bertz CT molecular complexity index is 328. The van der Waals surface area contributed by atoms with Crippen LogP contribution in [-0.4, -0.2) is 7.05 Å². The van der Waals surface area contributed by atoms with Crippen LogP contribution in [0.15, 0.2) is 22.7 Å². The number of hydrogen-bond donors (Lipinski definition) is 1. The topological polar surface area (TPSA) is 12.0 Å². The zero-order valence-electron chi connectivity index (χ0n) is 9.89. The highest BCUT2D eigenvalue weighted by Crippen LogP contribution is 2.29. The van der Waals surface area contributed by atoms with Crippen molar-refractivity contribution in [1.29, 1.82) is 0 Å². The number of nitrogens with one attached hydrogen (secondary N) is 1. The Balaban J connectivity index is 2.70. The van der Waals surface area contributed by atoms with Crippen molar-refractivity contribution in [2.75, 3.05) is 7.05 Å². The van der Waals surface area contributed by atoms with Crippen LogP contribution in [0.3, 0.4) is 0 Å². The Morgan fingerprint density at radius 3 is 2.69 bits per heavy atom. The molecule has 90 valence electrons. The maximum absolute atomic E-state index is 6.25. The van der Waals surface area contributed by atoms with E-state index >= 15 is 0 Å². The first-order valence-corrected chi connectivity index (χ1v) is 6.98. The Hall–Kier alpha value is -0.0500. The predicted octanol–water partition coefficient (Wildman–Crippen LogP) is 4.94. The molecular formula is C13H19BrClN. The lowest BCUT2D eigenvalue weighted by molar-refractivity contribution is 0.512. The second kappa shape index (κ2) is 7.31. The zero-order chi connectivity index (χ0) is 12.0. The second-order valence-electron chi connectivity index (χ2n) is 4.00. The zero-order valence-corrected chi connectivity index (χ0v) is 12.2. The molecule has 1 unspecified atom stereocenters. The van der Waals surface area contributed by atoms with Crippen molar-refractivity contribution in [2.24, 2.45) is 0 Å². The van der Waals surface area contributed by atoms with Gasteiger partial charge < -0.3 is 5.32 Å². The van der Waals surface area contributed by atoms with Crippen LogP contribution < -0.4 is 5.32 Å². The molecule has 0 saturated heterocycles. The monoisotopic (exact) mass is 303 g/mol. The molecule has 0 saturated carbocycles. The van der Waals surface area contributed by atoms with Crippen LogP contribution in [0.2, 0.25) is 5.02 Å². The number of rotatable bonds is 6. The number of benzene rings is 1. The van der Waals surface area contributed by atoms with Crippen molar-refractivity contribution in [1.82, 2.24) is 5.32 Å². The predicted molar refractivity (Wildman–Crippen MR) is 75.1 cm³/mol. The van der Waals surface area contributed by atoms with Gasteiger partial charge in [-0.1, -0.05) is 59.8 Å². The number of unbranched alkanes of at least 4 members (excludes halogenated alkanes) is 2. The molecular weight excluding hydrogens is 286 g/mol. The average molecular weight is 305 g/mol. The minimum atomic E-state index is 0.368. The molecule has 0 aromatic heterocycles. The quantitative estimate of drug-likeness (QED) is 0.734. The smallest absolute Gasteiger partial charge is 0.0465 e. The fraction of sp³-hybridized carbons (Fsp3) is 0.538. The molecule has 0 aliphatic rings. The lowest BCUT2D eigenvalue weighted by Crippen LogP contribution is -2.16. The van der Waals surface area contributed by atoms with Gasteiger partial charge in [0.25, 0.3) is 0 Å². The third-order valence-corrected chi connectivity index (χ3v) is 3.60. The van der Waals surface area contributed by atoms with Gasteiger partial charge in [-0.3, -0.25) is 0 Å². The highest BCUT2D eigenvalue weighted by Gasteiger charge is 2.12. The van der Waals surface area contributed by atoms with E-state index in [1.54, 1.807) is 0 Å². The van der Waals surface area contributed by atoms with Crippen LogP contribution in [0.25, 0.3) is 0 Å². The standard InChI is InChI=1S/C13H19BrClN/c1-3-4-5-6-13(16-2)11-8-7-10(14)9-12(11)15/h7-9,13,16H,3-6H2,1-2H3. The lowest BCUT2D eigenvalue weighted by atomic mass is 10.0. The van der Waals surface area contributed by atoms with Crippen LogP contribution in [0.1, 0.15) is 44.2 Å². The third kappa shape index (κ3) is 4.08. The van der Waals surface area contributed by atoms with E-state index in [0.29, 0.717) is 6.04 Å². The van der Waals surface area contributed by atoms with Gasteiger partial charge in [-0.05, 0) is 31.2 Å². The molecule has 0 aliphatic carbocycles. The summed E-state index contributed by atoms with van der Waals surface area (Å²) in [6.07, 6.45) is 4.93. The number of halogens is 2. The molecule has 1 aromatic rings. The van der Waals surface area contributed by atoms with E-state index < -0.39 is 0 Å². The van der Waals surface area contributed by atoms with Crippen molar-refractivity contribution in [3.63, 3.8) is 0 Å². The summed E-state index contributed by atoms with van der Waals surface area (Å²) in [7, 11) is 2.00. The van der Waals surface area contributed by atoms with Crippen LogP contribution in [0.4, 0.5) is 0 Å². The molecule has 0 heterocycles. The Labute approximate surface area is 112 Å². The summed E-state index contributed by atoms with van der Waals surface area (Å²) < 4.78 is 1.03. The van der Waals surface area contributed by atoms with Gasteiger partial charge in [-0.2, -0.15) is 0 Å². The Kier molecular flexibility index (Phi) is 6.40. The first-order valence-electron chi connectivity index (χ1n) is 5.81. The van der Waals surface area contributed by atoms with Crippen LogP contribution in [0, 0.1) is 0 Å². The van der Waals surface area contributed by atoms with Crippen molar-refractivity contribution in [3.8, 4) is 0 Å². The summed E-state index contributed by atoms with van der Waals surface area (Å²) in [6, 6.07) is 6.47. The molecule has 1 nitrogen and oxygen atoms in total. The summed E-state index contributed by atoms with van der Waals surface area (Å²) in [4.78, 5) is 0. The molecule has 0 fully saturated rings. The van der Waals surface area contributed by atoms with Crippen LogP contribution in [0.5, 0.6) is 0 Å². The molecule has 0 radical (unpaired) electrons. The maximum Gasteiger partial charge on any atom is 0.0465 e. The second-order valence-corrected chi connectivity index (χ2v) is 5.33. The van der Waals surface area contributed by atoms with Gasteiger partial charge in [-0.25, -0.2) is 0 Å². The van der Waals surface area contributed by atoms with Gasteiger partial charge in [0.1, 0.15) is 0 Å². The summed E-state index contributed by atoms with van der Waals surface area (Å²) in [6.45, 7) is 2.22. The Morgan fingerprint density at radius 2 is 2.12 bits per heavy atom. The third-order valence-electron chi connectivity index (χ3n) is 2.78. The molecule has 1 atom stereocenters. The summed E-state index contributed by atoms with van der Waals surface area (Å²) in [5.74, 6) is 0. The van der Waals surface area contributed by atoms with Crippen LogP contribution >= 0.6 is 27.5 Å². The van der Waals surface area contributed by atoms with Gasteiger partial charge in [0.05, 0.1) is 0 Å². The first-order chi connectivity index (χ1) is 7.69. The SMILES string of the molecule is CCCCCC(NC)c1ccc(Br)cc1Cl. The number of hydrogen-bond acceptors (Lipinski definition) is 1. The normalized spacial score (nSPS) is 12.8.